The van der Waals surface area contributed by atoms with Crippen LogP contribution in [0.3, 0.4) is 0 Å². The summed E-state index contributed by atoms with van der Waals surface area (Å²) in [5.41, 5.74) is 0. The number of carboxylic acids is 1. The molecule has 1 heterocycles. The number of amides is 2. The predicted octanol–water partition coefficient (Wildman–Crippen LogP) is 0.0474. The molecule has 0 fully saturated rings. The summed E-state index contributed by atoms with van der Waals surface area (Å²) in [6.45, 7) is 2.03. The lowest BCUT2D eigenvalue weighted by atomic mass is 10.1. The number of carbonyl (C=O) groups excluding carboxylic acids is 1. The van der Waals surface area contributed by atoms with Crippen molar-refractivity contribution in [2.45, 2.75) is 13.3 Å². The van der Waals surface area contributed by atoms with Gasteiger partial charge in [-0.25, -0.2) is 9.48 Å². The lowest BCUT2D eigenvalue weighted by molar-refractivity contribution is -0.137. The van der Waals surface area contributed by atoms with Crippen LogP contribution < -0.4 is 10.6 Å². The van der Waals surface area contributed by atoms with Gasteiger partial charge in [-0.2, -0.15) is 10.1 Å². The molecule has 1 unspecified atom stereocenters. The van der Waals surface area contributed by atoms with Gasteiger partial charge in [-0.05, 0) is 5.92 Å². The Morgan fingerprint density at radius 3 is 2.82 bits per heavy atom. The first-order valence-electron chi connectivity index (χ1n) is 5.09. The van der Waals surface area contributed by atoms with Crippen molar-refractivity contribution in [2.75, 3.05) is 11.9 Å². The summed E-state index contributed by atoms with van der Waals surface area (Å²) in [6, 6.07) is -0.432. The van der Waals surface area contributed by atoms with Crippen molar-refractivity contribution in [2.24, 2.45) is 13.0 Å². The monoisotopic (exact) mass is 241 g/mol. The molecule has 0 radical (unpaired) electrons. The smallest absolute Gasteiger partial charge is 0.321 e. The van der Waals surface area contributed by atoms with Gasteiger partial charge in [0.25, 0.3) is 0 Å². The van der Waals surface area contributed by atoms with Crippen LogP contribution in [-0.4, -0.2) is 38.4 Å². The first kappa shape index (κ1) is 12.9. The van der Waals surface area contributed by atoms with Gasteiger partial charge < -0.3 is 10.4 Å². The Kier molecular flexibility index (Phi) is 4.44. The Bertz CT molecular complexity index is 403. The van der Waals surface area contributed by atoms with E-state index in [0.717, 1.165) is 0 Å². The summed E-state index contributed by atoms with van der Waals surface area (Å²) in [5.74, 6) is -0.681. The van der Waals surface area contributed by atoms with Crippen LogP contribution >= 0.6 is 0 Å². The average molecular weight is 241 g/mol. The number of rotatable bonds is 5. The Morgan fingerprint density at radius 2 is 2.29 bits per heavy atom. The van der Waals surface area contributed by atoms with Crippen LogP contribution in [-0.2, 0) is 11.8 Å². The zero-order valence-corrected chi connectivity index (χ0v) is 9.67. The molecule has 0 aliphatic heterocycles. The Labute approximate surface area is 98.0 Å². The van der Waals surface area contributed by atoms with Crippen molar-refractivity contribution in [3.05, 3.63) is 6.33 Å². The molecule has 0 aromatic carbocycles. The number of anilines is 1. The number of nitrogens with one attached hydrogen (secondary N) is 2. The molecule has 8 heteroatoms. The summed E-state index contributed by atoms with van der Waals surface area (Å²) in [6.07, 6.45) is 1.34. The number of urea groups is 1. The number of hydrogen-bond acceptors (Lipinski definition) is 4. The van der Waals surface area contributed by atoms with E-state index >= 15 is 0 Å². The third-order valence-electron chi connectivity index (χ3n) is 2.07. The number of aryl methyl sites for hydroxylation is 1. The number of aliphatic carboxylic acids is 1. The van der Waals surface area contributed by atoms with Gasteiger partial charge in [-0.15, -0.1) is 0 Å². The second kappa shape index (κ2) is 5.83. The van der Waals surface area contributed by atoms with Crippen molar-refractivity contribution in [1.29, 1.82) is 0 Å². The minimum Gasteiger partial charge on any atom is -0.481 e. The molecule has 1 atom stereocenters. The SMILES string of the molecule is CC(CNC(=O)Nc1ncnn1C)CC(=O)O. The fraction of sp³-hybridized carbons (Fsp3) is 0.556. The second-order valence-corrected chi connectivity index (χ2v) is 3.75. The maximum absolute atomic E-state index is 11.4. The van der Waals surface area contributed by atoms with Gasteiger partial charge in [-0.1, -0.05) is 6.92 Å². The molecule has 3 N–H and O–H groups in total. The molecule has 0 saturated carbocycles. The Morgan fingerprint density at radius 1 is 1.59 bits per heavy atom. The quantitative estimate of drug-likeness (QED) is 0.674. The molecule has 17 heavy (non-hydrogen) atoms. The van der Waals surface area contributed by atoms with Crippen molar-refractivity contribution in [1.82, 2.24) is 20.1 Å². The van der Waals surface area contributed by atoms with Crippen LogP contribution in [0.4, 0.5) is 10.7 Å². The molecular weight excluding hydrogens is 226 g/mol. The first-order valence-corrected chi connectivity index (χ1v) is 5.09. The normalized spacial score (nSPS) is 11.9. The van der Waals surface area contributed by atoms with Gasteiger partial charge in [0, 0.05) is 20.0 Å². The van der Waals surface area contributed by atoms with Gasteiger partial charge in [0.05, 0.1) is 0 Å². The van der Waals surface area contributed by atoms with E-state index in [1.54, 1.807) is 14.0 Å². The minimum absolute atomic E-state index is 0.0181. The zero-order chi connectivity index (χ0) is 12.8. The Hall–Kier alpha value is -2.12. The molecular formula is C9H15N5O3. The van der Waals surface area contributed by atoms with Crippen LogP contribution in [0.5, 0.6) is 0 Å². The van der Waals surface area contributed by atoms with Crippen LogP contribution in [0.25, 0.3) is 0 Å². The molecule has 2 amide bonds. The summed E-state index contributed by atoms with van der Waals surface area (Å²) in [7, 11) is 1.65. The number of hydrogen-bond donors (Lipinski definition) is 3. The molecule has 94 valence electrons. The fourth-order valence-electron chi connectivity index (χ4n) is 1.19. The molecule has 0 bridgehead atoms. The van der Waals surface area contributed by atoms with Gasteiger partial charge in [-0.3, -0.25) is 10.1 Å². The van der Waals surface area contributed by atoms with E-state index in [9.17, 15) is 9.59 Å². The van der Waals surface area contributed by atoms with Gasteiger partial charge in [0.1, 0.15) is 6.33 Å². The lowest BCUT2D eigenvalue weighted by Gasteiger charge is -2.10. The topological polar surface area (TPSA) is 109 Å². The maximum atomic E-state index is 11.4. The predicted molar refractivity (Wildman–Crippen MR) is 59.4 cm³/mol. The van der Waals surface area contributed by atoms with E-state index in [4.69, 9.17) is 5.11 Å². The molecule has 1 aromatic rings. The summed E-state index contributed by atoms with van der Waals surface area (Å²) < 4.78 is 1.42. The molecule has 0 saturated heterocycles. The third-order valence-corrected chi connectivity index (χ3v) is 2.07. The van der Waals surface area contributed by atoms with Gasteiger partial charge in [0.2, 0.25) is 5.95 Å². The maximum Gasteiger partial charge on any atom is 0.321 e. The molecule has 8 nitrogen and oxygen atoms in total. The number of aromatic nitrogens is 3. The number of carboxylic acid groups (broad SMARTS) is 1. The van der Waals surface area contributed by atoms with Gasteiger partial charge >= 0.3 is 12.0 Å². The first-order chi connectivity index (χ1) is 7.99. The summed E-state index contributed by atoms with van der Waals surface area (Å²) in [5, 5.41) is 17.4. The molecule has 1 rings (SSSR count). The van der Waals surface area contributed by atoms with Crippen LogP contribution in [0.15, 0.2) is 6.33 Å². The van der Waals surface area contributed by atoms with E-state index in [1.807, 2.05) is 0 Å². The van der Waals surface area contributed by atoms with Crippen molar-refractivity contribution in [3.63, 3.8) is 0 Å². The highest BCUT2D eigenvalue weighted by Gasteiger charge is 2.10. The largest absolute Gasteiger partial charge is 0.481 e. The fourth-order valence-corrected chi connectivity index (χ4v) is 1.19. The molecule has 0 aliphatic rings. The van der Waals surface area contributed by atoms with E-state index in [2.05, 4.69) is 20.7 Å². The molecule has 0 spiro atoms. The highest BCUT2D eigenvalue weighted by molar-refractivity contribution is 5.87. The van der Waals surface area contributed by atoms with E-state index in [0.29, 0.717) is 5.95 Å². The molecule has 0 aliphatic carbocycles. The van der Waals surface area contributed by atoms with Crippen molar-refractivity contribution in [3.8, 4) is 0 Å². The van der Waals surface area contributed by atoms with Crippen LogP contribution in [0.2, 0.25) is 0 Å². The van der Waals surface area contributed by atoms with Gasteiger partial charge in [0.15, 0.2) is 0 Å². The lowest BCUT2D eigenvalue weighted by Crippen LogP contribution is -2.33. The highest BCUT2D eigenvalue weighted by atomic mass is 16.4. The summed E-state index contributed by atoms with van der Waals surface area (Å²) in [4.78, 5) is 25.6. The van der Waals surface area contributed by atoms with Crippen LogP contribution in [0, 0.1) is 5.92 Å². The second-order valence-electron chi connectivity index (χ2n) is 3.75. The number of nitrogens with zero attached hydrogens (tertiary/aromatic N) is 3. The Balaban J connectivity index is 2.31. The van der Waals surface area contributed by atoms with E-state index < -0.39 is 12.0 Å². The van der Waals surface area contributed by atoms with Crippen molar-refractivity contribution < 1.29 is 14.7 Å². The molecule has 1 aromatic heterocycles. The zero-order valence-electron chi connectivity index (χ0n) is 9.67. The van der Waals surface area contributed by atoms with Crippen molar-refractivity contribution >= 4 is 17.9 Å². The van der Waals surface area contributed by atoms with E-state index in [1.165, 1.54) is 11.0 Å². The minimum atomic E-state index is -0.881. The van der Waals surface area contributed by atoms with Crippen LogP contribution in [0.1, 0.15) is 13.3 Å². The number of carbonyl (C=O) groups is 2. The third kappa shape index (κ3) is 4.49. The van der Waals surface area contributed by atoms with E-state index in [-0.39, 0.29) is 18.9 Å². The summed E-state index contributed by atoms with van der Waals surface area (Å²) >= 11 is 0. The standard InChI is InChI=1S/C9H15N5O3/c1-6(3-7(15)16)4-10-9(17)13-8-11-5-12-14(8)2/h5-6H,3-4H2,1-2H3,(H,15,16)(H2,10,11,12,13,17). The highest BCUT2D eigenvalue weighted by Crippen LogP contribution is 2.00. The average Bonchev–Trinajstić information content (AvgIpc) is 2.61.